The van der Waals surface area contributed by atoms with Gasteiger partial charge in [0.05, 0.1) is 10.2 Å². The largest absolute Gasteiger partial charge is 0.368 e. The van der Waals surface area contributed by atoms with Crippen molar-refractivity contribution in [3.05, 3.63) is 28.8 Å². The highest BCUT2D eigenvalue weighted by Crippen LogP contribution is 2.25. The highest BCUT2D eigenvalue weighted by Gasteiger charge is 2.07. The molecule has 0 fully saturated rings. The van der Waals surface area contributed by atoms with Gasteiger partial charge in [-0.2, -0.15) is 0 Å². The van der Waals surface area contributed by atoms with Crippen molar-refractivity contribution in [3.8, 4) is 0 Å². The first-order valence-corrected chi connectivity index (χ1v) is 8.31. The molecule has 7 nitrogen and oxygen atoms in total. The molecule has 0 saturated heterocycles. The molecule has 0 aliphatic carbocycles. The molecular weight excluding hydrogens is 320 g/mol. The average molecular weight is 334 g/mol. The normalized spacial score (nSPS) is 10.6. The molecule has 0 aliphatic heterocycles. The zero-order valence-corrected chi connectivity index (χ0v) is 13.4. The Bertz CT molecular complexity index is 784. The van der Waals surface area contributed by atoms with E-state index in [1.54, 1.807) is 30.9 Å². The molecule has 0 spiro atoms. The number of aromatic nitrogens is 3. The highest BCUT2D eigenvalue weighted by atomic mass is 32.1. The Kier molecular flexibility index (Phi) is 4.45. The fourth-order valence-electron chi connectivity index (χ4n) is 1.86. The summed E-state index contributed by atoms with van der Waals surface area (Å²) < 4.78 is 1.06. The number of carbonyl (C=O) groups excluding carboxylic acids is 1. The number of hydrogen-bond donors (Lipinski definition) is 3. The van der Waals surface area contributed by atoms with Crippen LogP contribution in [0.25, 0.3) is 10.2 Å². The van der Waals surface area contributed by atoms with Crippen LogP contribution in [0.2, 0.25) is 0 Å². The van der Waals surface area contributed by atoms with Gasteiger partial charge in [0, 0.05) is 31.1 Å². The third kappa shape index (κ3) is 3.31. The van der Waals surface area contributed by atoms with Gasteiger partial charge in [-0.3, -0.25) is 5.32 Å². The van der Waals surface area contributed by atoms with Crippen molar-refractivity contribution in [2.24, 2.45) is 0 Å². The average Bonchev–Trinajstić information content (AvgIpc) is 3.16. The van der Waals surface area contributed by atoms with Crippen molar-refractivity contribution in [1.82, 2.24) is 20.3 Å². The molecule has 0 bridgehead atoms. The van der Waals surface area contributed by atoms with E-state index in [2.05, 4.69) is 30.9 Å². The van der Waals surface area contributed by atoms with Crippen molar-refractivity contribution >= 4 is 49.9 Å². The van der Waals surface area contributed by atoms with Gasteiger partial charge in [0.2, 0.25) is 0 Å². The quantitative estimate of drug-likeness (QED) is 0.667. The summed E-state index contributed by atoms with van der Waals surface area (Å²) in [5.41, 5.74) is 0.956. The summed E-state index contributed by atoms with van der Waals surface area (Å²) >= 11 is 3.09. The Hall–Kier alpha value is -2.26. The molecular formula is C13H14N6OS2. The van der Waals surface area contributed by atoms with E-state index < -0.39 is 0 Å². The van der Waals surface area contributed by atoms with E-state index in [4.69, 9.17) is 0 Å². The number of amides is 2. The molecule has 3 rings (SSSR count). The van der Waals surface area contributed by atoms with E-state index in [0.717, 1.165) is 33.9 Å². The van der Waals surface area contributed by atoms with Gasteiger partial charge in [-0.15, -0.1) is 22.7 Å². The highest BCUT2D eigenvalue weighted by molar-refractivity contribution is 7.17. The summed E-state index contributed by atoms with van der Waals surface area (Å²) in [4.78, 5) is 25.0. The van der Waals surface area contributed by atoms with E-state index in [9.17, 15) is 4.79 Å². The van der Waals surface area contributed by atoms with Gasteiger partial charge >= 0.3 is 6.03 Å². The van der Waals surface area contributed by atoms with E-state index >= 15 is 0 Å². The first-order chi connectivity index (χ1) is 10.8. The van der Waals surface area contributed by atoms with Gasteiger partial charge in [-0.05, 0) is 11.4 Å². The van der Waals surface area contributed by atoms with Crippen LogP contribution in [-0.4, -0.2) is 34.6 Å². The number of thiazole rings is 1. The molecule has 2 amide bonds. The van der Waals surface area contributed by atoms with E-state index in [1.165, 1.54) is 11.3 Å². The molecule has 22 heavy (non-hydrogen) atoms. The van der Waals surface area contributed by atoms with Crippen molar-refractivity contribution in [2.45, 2.75) is 6.42 Å². The van der Waals surface area contributed by atoms with Crippen LogP contribution in [-0.2, 0) is 6.42 Å². The molecule has 3 aromatic heterocycles. The first kappa shape index (κ1) is 14.7. The third-order valence-corrected chi connectivity index (χ3v) is 4.79. The van der Waals surface area contributed by atoms with Crippen LogP contribution in [0.1, 0.15) is 4.88 Å². The molecule has 0 saturated carbocycles. The molecule has 0 aliphatic rings. The van der Waals surface area contributed by atoms with E-state index in [-0.39, 0.29) is 6.03 Å². The number of nitrogens with one attached hydrogen (secondary N) is 3. The Balaban J connectivity index is 1.57. The van der Waals surface area contributed by atoms with Crippen LogP contribution in [0.3, 0.4) is 0 Å². The third-order valence-electron chi connectivity index (χ3n) is 2.91. The summed E-state index contributed by atoms with van der Waals surface area (Å²) in [6.07, 6.45) is 4.15. The number of thiophene rings is 1. The number of anilines is 2. The fraction of sp³-hybridized carbons (Fsp3) is 0.231. The molecule has 0 radical (unpaired) electrons. The molecule has 0 unspecified atom stereocenters. The van der Waals surface area contributed by atoms with Crippen molar-refractivity contribution in [1.29, 1.82) is 0 Å². The van der Waals surface area contributed by atoms with Gasteiger partial charge in [-0.25, -0.2) is 19.7 Å². The second-order valence-corrected chi connectivity index (χ2v) is 6.40. The molecule has 3 N–H and O–H groups in total. The number of carbonyl (C=O) groups is 1. The predicted octanol–water partition coefficient (Wildman–Crippen LogP) is 2.55. The minimum Gasteiger partial charge on any atom is -0.368 e. The van der Waals surface area contributed by atoms with Crippen molar-refractivity contribution in [2.75, 3.05) is 24.2 Å². The van der Waals surface area contributed by atoms with Gasteiger partial charge in [0.15, 0.2) is 5.13 Å². The maximum absolute atomic E-state index is 11.2. The predicted molar refractivity (Wildman–Crippen MR) is 89.8 cm³/mol. The van der Waals surface area contributed by atoms with E-state index in [0.29, 0.717) is 5.13 Å². The lowest BCUT2D eigenvalue weighted by Gasteiger charge is -2.04. The summed E-state index contributed by atoms with van der Waals surface area (Å²) in [5, 5.41) is 11.1. The summed E-state index contributed by atoms with van der Waals surface area (Å²) in [7, 11) is 1.57. The first-order valence-electron chi connectivity index (χ1n) is 6.62. The maximum atomic E-state index is 11.2. The lowest BCUT2D eigenvalue weighted by molar-refractivity contribution is 0.254. The molecule has 3 aromatic rings. The standard InChI is InChI=1S/C13H14N6OS2/c1-14-12(20)19-13-16-6-8(22-13)2-4-15-11-10-9(3-5-21-10)17-7-18-11/h3,5-7H,2,4H2,1H3,(H,15,17,18)(H2,14,16,19,20). The Morgan fingerprint density at radius 2 is 2.23 bits per heavy atom. The van der Waals surface area contributed by atoms with Crippen LogP contribution in [0, 0.1) is 0 Å². The Morgan fingerprint density at radius 3 is 3.09 bits per heavy atom. The summed E-state index contributed by atoms with van der Waals surface area (Å²) in [6, 6.07) is 1.72. The minimum atomic E-state index is -0.264. The van der Waals surface area contributed by atoms with Crippen LogP contribution < -0.4 is 16.0 Å². The second-order valence-electron chi connectivity index (χ2n) is 4.37. The minimum absolute atomic E-state index is 0.264. The molecule has 0 atom stereocenters. The Labute approximate surface area is 134 Å². The van der Waals surface area contributed by atoms with Gasteiger partial charge < -0.3 is 10.6 Å². The number of fused-ring (bicyclic) bond motifs is 1. The maximum Gasteiger partial charge on any atom is 0.320 e. The molecule has 114 valence electrons. The zero-order valence-electron chi connectivity index (χ0n) is 11.8. The van der Waals surface area contributed by atoms with Gasteiger partial charge in [0.1, 0.15) is 12.1 Å². The van der Waals surface area contributed by atoms with Crippen molar-refractivity contribution in [3.63, 3.8) is 0 Å². The van der Waals surface area contributed by atoms with Gasteiger partial charge in [-0.1, -0.05) is 0 Å². The lowest BCUT2D eigenvalue weighted by Crippen LogP contribution is -2.24. The molecule has 3 heterocycles. The number of urea groups is 1. The van der Waals surface area contributed by atoms with Crippen LogP contribution in [0.5, 0.6) is 0 Å². The monoisotopic (exact) mass is 334 g/mol. The van der Waals surface area contributed by atoms with Crippen LogP contribution in [0.15, 0.2) is 24.0 Å². The second kappa shape index (κ2) is 6.67. The smallest absolute Gasteiger partial charge is 0.320 e. The van der Waals surface area contributed by atoms with E-state index in [1.807, 2.05) is 11.4 Å². The number of rotatable bonds is 5. The Morgan fingerprint density at radius 1 is 1.32 bits per heavy atom. The fourth-order valence-corrected chi connectivity index (χ4v) is 3.48. The molecule has 9 heteroatoms. The van der Waals surface area contributed by atoms with Crippen LogP contribution >= 0.6 is 22.7 Å². The number of nitrogens with zero attached hydrogens (tertiary/aromatic N) is 3. The lowest BCUT2D eigenvalue weighted by atomic mass is 10.3. The molecule has 0 aromatic carbocycles. The number of hydrogen-bond acceptors (Lipinski definition) is 7. The van der Waals surface area contributed by atoms with Gasteiger partial charge in [0.25, 0.3) is 0 Å². The topological polar surface area (TPSA) is 91.8 Å². The summed E-state index contributed by atoms with van der Waals surface area (Å²) in [5.74, 6) is 0.855. The zero-order chi connectivity index (χ0) is 15.4. The SMILES string of the molecule is CNC(=O)Nc1ncc(CCNc2ncnc3ccsc23)s1. The van der Waals surface area contributed by atoms with Crippen LogP contribution in [0.4, 0.5) is 15.7 Å². The summed E-state index contributed by atoms with van der Waals surface area (Å²) in [6.45, 7) is 0.742. The van der Waals surface area contributed by atoms with Crippen molar-refractivity contribution < 1.29 is 4.79 Å².